The molecule has 0 unspecified atom stereocenters. The highest BCUT2D eigenvalue weighted by molar-refractivity contribution is 6.00. The van der Waals surface area contributed by atoms with E-state index in [0.717, 1.165) is 0 Å². The predicted molar refractivity (Wildman–Crippen MR) is 68.5 cm³/mol. The smallest absolute Gasteiger partial charge is 0.255 e. The third kappa shape index (κ3) is 3.41. The third-order valence-electron chi connectivity index (χ3n) is 2.47. The van der Waals surface area contributed by atoms with E-state index in [2.05, 4.69) is 15.6 Å². The van der Waals surface area contributed by atoms with E-state index >= 15 is 0 Å². The average molecular weight is 259 g/mol. The molecule has 0 saturated carbocycles. The summed E-state index contributed by atoms with van der Waals surface area (Å²) >= 11 is 0. The monoisotopic (exact) mass is 259 g/mol. The second-order valence-electron chi connectivity index (χ2n) is 3.93. The first kappa shape index (κ1) is 12.8. The lowest BCUT2D eigenvalue weighted by molar-refractivity contribution is -0.117. The molecule has 6 nitrogen and oxygen atoms in total. The van der Waals surface area contributed by atoms with Gasteiger partial charge in [-0.2, -0.15) is 0 Å². The molecule has 2 rings (SSSR count). The number of amides is 2. The fourth-order valence-electron chi connectivity index (χ4n) is 1.42. The Morgan fingerprint density at radius 3 is 2.63 bits per heavy atom. The van der Waals surface area contributed by atoms with Crippen LogP contribution in [0.1, 0.15) is 17.3 Å². The van der Waals surface area contributed by atoms with E-state index < -0.39 is 6.04 Å². The SMILES string of the molecule is C[C@H](NC(=O)c1ccoc1)C(=O)Nc1ccncc1. The Balaban J connectivity index is 1.91. The van der Waals surface area contributed by atoms with E-state index in [-0.39, 0.29) is 11.8 Å². The highest BCUT2D eigenvalue weighted by atomic mass is 16.3. The van der Waals surface area contributed by atoms with Gasteiger partial charge in [-0.3, -0.25) is 14.6 Å². The van der Waals surface area contributed by atoms with Crippen LogP contribution in [0.15, 0.2) is 47.5 Å². The predicted octanol–water partition coefficient (Wildman–Crippen LogP) is 1.43. The average Bonchev–Trinajstić information content (AvgIpc) is 2.93. The number of aromatic nitrogens is 1. The number of carbonyl (C=O) groups excluding carboxylic acids is 2. The van der Waals surface area contributed by atoms with Gasteiger partial charge in [-0.05, 0) is 25.1 Å². The van der Waals surface area contributed by atoms with Gasteiger partial charge in [0.25, 0.3) is 5.91 Å². The van der Waals surface area contributed by atoms with Crippen LogP contribution in [0.4, 0.5) is 5.69 Å². The molecule has 0 aliphatic rings. The maximum Gasteiger partial charge on any atom is 0.255 e. The number of anilines is 1. The van der Waals surface area contributed by atoms with Crippen LogP contribution in [0.2, 0.25) is 0 Å². The summed E-state index contributed by atoms with van der Waals surface area (Å²) in [6.07, 6.45) is 5.87. The lowest BCUT2D eigenvalue weighted by atomic mass is 10.2. The maximum atomic E-state index is 11.8. The molecule has 2 aromatic heterocycles. The van der Waals surface area contributed by atoms with E-state index in [1.165, 1.54) is 18.6 Å². The molecule has 19 heavy (non-hydrogen) atoms. The summed E-state index contributed by atoms with van der Waals surface area (Å²) < 4.78 is 4.81. The summed E-state index contributed by atoms with van der Waals surface area (Å²) in [6, 6.07) is 4.21. The lowest BCUT2D eigenvalue weighted by Gasteiger charge is -2.13. The first-order chi connectivity index (χ1) is 9.16. The molecule has 0 aliphatic carbocycles. The molecule has 2 aromatic rings. The Hall–Kier alpha value is -2.63. The van der Waals surface area contributed by atoms with E-state index in [9.17, 15) is 9.59 Å². The molecular weight excluding hydrogens is 246 g/mol. The van der Waals surface area contributed by atoms with Crippen LogP contribution < -0.4 is 10.6 Å². The number of pyridine rings is 1. The lowest BCUT2D eigenvalue weighted by Crippen LogP contribution is -2.41. The van der Waals surface area contributed by atoms with Crippen molar-refractivity contribution in [3.8, 4) is 0 Å². The second kappa shape index (κ2) is 5.81. The number of carbonyl (C=O) groups is 2. The minimum atomic E-state index is -0.657. The van der Waals surface area contributed by atoms with Crippen LogP contribution in [0, 0.1) is 0 Å². The highest BCUT2D eigenvalue weighted by Gasteiger charge is 2.17. The molecule has 2 amide bonds. The zero-order chi connectivity index (χ0) is 13.7. The van der Waals surface area contributed by atoms with Gasteiger partial charge in [0.2, 0.25) is 5.91 Å². The molecule has 0 saturated heterocycles. The van der Waals surface area contributed by atoms with Gasteiger partial charge in [0, 0.05) is 18.1 Å². The topological polar surface area (TPSA) is 84.2 Å². The first-order valence-electron chi connectivity index (χ1n) is 5.71. The number of nitrogens with one attached hydrogen (secondary N) is 2. The van der Waals surface area contributed by atoms with Crippen LogP contribution in [0.25, 0.3) is 0 Å². The maximum absolute atomic E-state index is 11.8. The summed E-state index contributed by atoms with van der Waals surface area (Å²) in [5.41, 5.74) is 1.01. The summed E-state index contributed by atoms with van der Waals surface area (Å²) in [5, 5.41) is 5.25. The van der Waals surface area contributed by atoms with Crippen molar-refractivity contribution in [2.45, 2.75) is 13.0 Å². The highest BCUT2D eigenvalue weighted by Crippen LogP contribution is 2.05. The largest absolute Gasteiger partial charge is 0.472 e. The summed E-state index contributed by atoms with van der Waals surface area (Å²) in [4.78, 5) is 27.4. The van der Waals surface area contributed by atoms with Gasteiger partial charge in [-0.15, -0.1) is 0 Å². The molecule has 98 valence electrons. The molecule has 2 N–H and O–H groups in total. The van der Waals surface area contributed by atoms with Gasteiger partial charge < -0.3 is 15.1 Å². The Kier molecular flexibility index (Phi) is 3.92. The number of hydrogen-bond acceptors (Lipinski definition) is 4. The number of furan rings is 1. The Morgan fingerprint density at radius 1 is 1.26 bits per heavy atom. The molecule has 2 heterocycles. The van der Waals surface area contributed by atoms with Crippen molar-refractivity contribution in [2.75, 3.05) is 5.32 Å². The number of nitrogens with zero attached hydrogens (tertiary/aromatic N) is 1. The van der Waals surface area contributed by atoms with E-state index in [1.54, 1.807) is 31.5 Å². The summed E-state index contributed by atoms with van der Waals surface area (Å²) in [5.74, 6) is -0.658. The van der Waals surface area contributed by atoms with Crippen molar-refractivity contribution < 1.29 is 14.0 Å². The molecule has 0 aromatic carbocycles. The van der Waals surface area contributed by atoms with Gasteiger partial charge >= 0.3 is 0 Å². The van der Waals surface area contributed by atoms with Crippen molar-refractivity contribution in [1.82, 2.24) is 10.3 Å². The Labute approximate surface area is 109 Å². The second-order valence-corrected chi connectivity index (χ2v) is 3.93. The Morgan fingerprint density at radius 2 is 2.00 bits per heavy atom. The number of hydrogen-bond donors (Lipinski definition) is 2. The molecule has 1 atom stereocenters. The molecule has 0 fully saturated rings. The molecule has 6 heteroatoms. The van der Waals surface area contributed by atoms with Crippen molar-refractivity contribution >= 4 is 17.5 Å². The quantitative estimate of drug-likeness (QED) is 0.870. The fraction of sp³-hybridized carbons (Fsp3) is 0.154. The fourth-order valence-corrected chi connectivity index (χ4v) is 1.42. The van der Waals surface area contributed by atoms with Gasteiger partial charge in [-0.25, -0.2) is 0 Å². The van der Waals surface area contributed by atoms with Gasteiger partial charge in [0.05, 0.1) is 11.8 Å². The molecular formula is C13H13N3O3. The first-order valence-corrected chi connectivity index (χ1v) is 5.71. The molecule has 0 bridgehead atoms. The van der Waals surface area contributed by atoms with E-state index in [4.69, 9.17) is 4.42 Å². The molecule has 0 radical (unpaired) electrons. The van der Waals surface area contributed by atoms with Gasteiger partial charge in [0.1, 0.15) is 12.3 Å². The minimum Gasteiger partial charge on any atom is -0.472 e. The van der Waals surface area contributed by atoms with Crippen molar-refractivity contribution in [1.29, 1.82) is 0 Å². The van der Waals surface area contributed by atoms with Crippen molar-refractivity contribution in [3.05, 3.63) is 48.7 Å². The van der Waals surface area contributed by atoms with Crippen LogP contribution >= 0.6 is 0 Å². The zero-order valence-electron chi connectivity index (χ0n) is 10.3. The van der Waals surface area contributed by atoms with Gasteiger partial charge in [0.15, 0.2) is 0 Å². The summed E-state index contributed by atoms with van der Waals surface area (Å²) in [6.45, 7) is 1.61. The Bertz CT molecular complexity index is 552. The van der Waals surface area contributed by atoms with Crippen LogP contribution in [0.5, 0.6) is 0 Å². The zero-order valence-corrected chi connectivity index (χ0v) is 10.3. The van der Waals surface area contributed by atoms with Crippen molar-refractivity contribution in [2.24, 2.45) is 0 Å². The normalized spacial score (nSPS) is 11.6. The van der Waals surface area contributed by atoms with Gasteiger partial charge in [-0.1, -0.05) is 0 Å². The standard InChI is InChI=1S/C13H13N3O3/c1-9(15-13(18)10-4-7-19-8-10)12(17)16-11-2-5-14-6-3-11/h2-9H,1H3,(H,15,18)(H,14,16,17)/t9-/m0/s1. The van der Waals surface area contributed by atoms with Crippen LogP contribution in [-0.2, 0) is 4.79 Å². The van der Waals surface area contributed by atoms with Crippen LogP contribution in [-0.4, -0.2) is 22.8 Å². The summed E-state index contributed by atoms with van der Waals surface area (Å²) in [7, 11) is 0. The van der Waals surface area contributed by atoms with Crippen LogP contribution in [0.3, 0.4) is 0 Å². The minimum absolute atomic E-state index is 0.303. The number of rotatable bonds is 4. The molecule has 0 aliphatic heterocycles. The van der Waals surface area contributed by atoms with Crippen molar-refractivity contribution in [3.63, 3.8) is 0 Å². The molecule has 0 spiro atoms. The third-order valence-corrected chi connectivity index (χ3v) is 2.47. The van der Waals surface area contributed by atoms with E-state index in [1.807, 2.05) is 0 Å². The van der Waals surface area contributed by atoms with E-state index in [0.29, 0.717) is 11.3 Å².